The maximum Gasteiger partial charge on any atom is 0.257 e. The van der Waals surface area contributed by atoms with Gasteiger partial charge in [0.25, 0.3) is 5.91 Å². The Kier molecular flexibility index (Phi) is 6.07. The molecular formula is C19H27FN2O2. The number of ether oxygens (including phenoxy) is 1. The molecule has 0 bridgehead atoms. The summed E-state index contributed by atoms with van der Waals surface area (Å²) in [5.41, 5.74) is 0. The summed E-state index contributed by atoms with van der Waals surface area (Å²) in [4.78, 5) is 14.5. The quantitative estimate of drug-likeness (QED) is 0.870. The summed E-state index contributed by atoms with van der Waals surface area (Å²) in [6.45, 7) is 2.85. The SMILES string of the molecule is O=C(COc1ccccc1F)NCC1CCN(C2CCCC2)CC1. The Balaban J connectivity index is 1.33. The molecule has 0 radical (unpaired) electrons. The van der Waals surface area contributed by atoms with Crippen LogP contribution in [0.2, 0.25) is 0 Å². The lowest BCUT2D eigenvalue weighted by Crippen LogP contribution is -2.43. The van der Waals surface area contributed by atoms with Crippen LogP contribution in [0.1, 0.15) is 38.5 Å². The van der Waals surface area contributed by atoms with Gasteiger partial charge < -0.3 is 15.0 Å². The molecule has 2 fully saturated rings. The maximum atomic E-state index is 13.4. The molecule has 1 aliphatic carbocycles. The Hall–Kier alpha value is -1.62. The number of nitrogens with one attached hydrogen (secondary N) is 1. The van der Waals surface area contributed by atoms with Gasteiger partial charge in [0.15, 0.2) is 18.2 Å². The number of hydrogen-bond donors (Lipinski definition) is 1. The standard InChI is InChI=1S/C19H27FN2O2/c20-17-7-3-4-8-18(17)24-14-19(23)21-13-15-9-11-22(12-10-15)16-5-1-2-6-16/h3-4,7-8,15-16H,1-2,5-6,9-14H2,(H,21,23). The average Bonchev–Trinajstić information content (AvgIpc) is 3.14. The molecule has 1 heterocycles. The van der Waals surface area contributed by atoms with Gasteiger partial charge in [0.2, 0.25) is 0 Å². The smallest absolute Gasteiger partial charge is 0.257 e. The zero-order valence-corrected chi connectivity index (χ0v) is 14.2. The van der Waals surface area contributed by atoms with Crippen LogP contribution in [0.3, 0.4) is 0 Å². The van der Waals surface area contributed by atoms with Crippen LogP contribution in [-0.4, -0.2) is 43.1 Å². The molecule has 4 nitrogen and oxygen atoms in total. The minimum absolute atomic E-state index is 0.123. The van der Waals surface area contributed by atoms with Gasteiger partial charge in [-0.05, 0) is 56.8 Å². The normalized spacial score (nSPS) is 20.2. The molecule has 1 aliphatic heterocycles. The van der Waals surface area contributed by atoms with Crippen LogP contribution in [0, 0.1) is 11.7 Å². The van der Waals surface area contributed by atoms with Crippen LogP contribution in [0.4, 0.5) is 4.39 Å². The minimum atomic E-state index is -0.440. The van der Waals surface area contributed by atoms with Crippen LogP contribution in [0.25, 0.3) is 0 Å². The summed E-state index contributed by atoms with van der Waals surface area (Å²) in [6.07, 6.45) is 7.75. The third-order valence-electron chi connectivity index (χ3n) is 5.27. The molecule has 1 aromatic carbocycles. The summed E-state index contributed by atoms with van der Waals surface area (Å²) in [6, 6.07) is 6.94. The van der Waals surface area contributed by atoms with Crippen LogP contribution >= 0.6 is 0 Å². The number of rotatable bonds is 6. The predicted molar refractivity (Wildman–Crippen MR) is 91.5 cm³/mol. The lowest BCUT2D eigenvalue weighted by Gasteiger charge is -2.36. The number of benzene rings is 1. The highest BCUT2D eigenvalue weighted by molar-refractivity contribution is 5.77. The van der Waals surface area contributed by atoms with Crippen molar-refractivity contribution in [3.05, 3.63) is 30.1 Å². The second-order valence-electron chi connectivity index (χ2n) is 6.94. The highest BCUT2D eigenvalue weighted by Gasteiger charge is 2.27. The van der Waals surface area contributed by atoms with E-state index in [2.05, 4.69) is 10.2 Å². The van der Waals surface area contributed by atoms with Gasteiger partial charge in [-0.15, -0.1) is 0 Å². The summed E-state index contributed by atoms with van der Waals surface area (Å²) in [5.74, 6) is 0.0404. The molecule has 2 aliphatic rings. The van der Waals surface area contributed by atoms with Crippen LogP contribution in [-0.2, 0) is 4.79 Å². The van der Waals surface area contributed by atoms with Gasteiger partial charge in [-0.1, -0.05) is 25.0 Å². The summed E-state index contributed by atoms with van der Waals surface area (Å²) >= 11 is 0. The summed E-state index contributed by atoms with van der Waals surface area (Å²) < 4.78 is 18.6. The van der Waals surface area contributed by atoms with Crippen molar-refractivity contribution in [3.63, 3.8) is 0 Å². The van der Waals surface area contributed by atoms with E-state index in [4.69, 9.17) is 4.74 Å². The molecule has 1 saturated heterocycles. The van der Waals surface area contributed by atoms with E-state index in [-0.39, 0.29) is 18.3 Å². The van der Waals surface area contributed by atoms with Crippen molar-refractivity contribution >= 4 is 5.91 Å². The number of hydrogen-bond acceptors (Lipinski definition) is 3. The van der Waals surface area contributed by atoms with E-state index in [1.54, 1.807) is 12.1 Å². The fourth-order valence-electron chi connectivity index (χ4n) is 3.81. The maximum absolute atomic E-state index is 13.4. The van der Waals surface area contributed by atoms with Gasteiger partial charge in [-0.25, -0.2) is 4.39 Å². The largest absolute Gasteiger partial charge is 0.481 e. The molecule has 0 aromatic heterocycles. The first-order valence-electron chi connectivity index (χ1n) is 9.10. The molecule has 5 heteroatoms. The third-order valence-corrected chi connectivity index (χ3v) is 5.27. The van der Waals surface area contributed by atoms with Crippen molar-refractivity contribution in [2.75, 3.05) is 26.2 Å². The monoisotopic (exact) mass is 334 g/mol. The van der Waals surface area contributed by atoms with Crippen molar-refractivity contribution in [1.29, 1.82) is 0 Å². The van der Waals surface area contributed by atoms with Gasteiger partial charge >= 0.3 is 0 Å². The summed E-state index contributed by atoms with van der Waals surface area (Å²) in [5, 5.41) is 2.92. The molecule has 24 heavy (non-hydrogen) atoms. The molecule has 1 saturated carbocycles. The molecule has 3 rings (SSSR count). The third kappa shape index (κ3) is 4.69. The molecular weight excluding hydrogens is 307 g/mol. The van der Waals surface area contributed by atoms with Gasteiger partial charge in [-0.3, -0.25) is 4.79 Å². The Labute approximate surface area is 143 Å². The second kappa shape index (κ2) is 8.47. The first kappa shape index (κ1) is 17.2. The Bertz CT molecular complexity index is 538. The second-order valence-corrected chi connectivity index (χ2v) is 6.94. The minimum Gasteiger partial charge on any atom is -0.481 e. The topological polar surface area (TPSA) is 41.6 Å². The van der Waals surface area contributed by atoms with Crippen molar-refractivity contribution in [2.45, 2.75) is 44.6 Å². The fraction of sp³-hybridized carbons (Fsp3) is 0.632. The van der Waals surface area contributed by atoms with E-state index in [1.165, 1.54) is 37.8 Å². The molecule has 0 atom stereocenters. The number of piperidine rings is 1. The zero-order valence-electron chi connectivity index (χ0n) is 14.2. The van der Waals surface area contributed by atoms with E-state index in [1.807, 2.05) is 0 Å². The van der Waals surface area contributed by atoms with E-state index in [0.717, 1.165) is 32.0 Å². The highest BCUT2D eigenvalue weighted by Crippen LogP contribution is 2.27. The first-order valence-corrected chi connectivity index (χ1v) is 9.10. The van der Waals surface area contributed by atoms with Crippen molar-refractivity contribution < 1.29 is 13.9 Å². The first-order chi connectivity index (χ1) is 11.7. The number of amides is 1. The number of likely N-dealkylation sites (tertiary alicyclic amines) is 1. The Morgan fingerprint density at radius 2 is 1.88 bits per heavy atom. The Morgan fingerprint density at radius 1 is 1.17 bits per heavy atom. The van der Waals surface area contributed by atoms with E-state index < -0.39 is 5.82 Å². The number of para-hydroxylation sites is 1. The molecule has 1 amide bonds. The van der Waals surface area contributed by atoms with E-state index in [9.17, 15) is 9.18 Å². The van der Waals surface area contributed by atoms with Gasteiger partial charge in [0.05, 0.1) is 0 Å². The lowest BCUT2D eigenvalue weighted by atomic mass is 9.95. The lowest BCUT2D eigenvalue weighted by molar-refractivity contribution is -0.123. The molecule has 1 N–H and O–H groups in total. The average molecular weight is 334 g/mol. The number of carbonyl (C=O) groups excluding carboxylic acids is 1. The van der Waals surface area contributed by atoms with Gasteiger partial charge in [0, 0.05) is 12.6 Å². The van der Waals surface area contributed by atoms with Gasteiger partial charge in [-0.2, -0.15) is 0 Å². The molecule has 1 aromatic rings. The van der Waals surface area contributed by atoms with Crippen molar-refractivity contribution in [1.82, 2.24) is 10.2 Å². The fourth-order valence-corrected chi connectivity index (χ4v) is 3.81. The number of nitrogens with zero attached hydrogens (tertiary/aromatic N) is 1. The molecule has 0 unspecified atom stereocenters. The number of carbonyl (C=O) groups is 1. The van der Waals surface area contributed by atoms with Crippen LogP contribution in [0.5, 0.6) is 5.75 Å². The zero-order chi connectivity index (χ0) is 16.8. The highest BCUT2D eigenvalue weighted by atomic mass is 19.1. The number of halogens is 1. The molecule has 0 spiro atoms. The predicted octanol–water partition coefficient (Wildman–Crippen LogP) is 2.98. The van der Waals surface area contributed by atoms with Crippen LogP contribution < -0.4 is 10.1 Å². The van der Waals surface area contributed by atoms with Crippen LogP contribution in [0.15, 0.2) is 24.3 Å². The van der Waals surface area contributed by atoms with Crippen molar-refractivity contribution in [2.24, 2.45) is 5.92 Å². The van der Waals surface area contributed by atoms with Crippen molar-refractivity contribution in [3.8, 4) is 5.75 Å². The molecule has 132 valence electrons. The van der Waals surface area contributed by atoms with Gasteiger partial charge in [0.1, 0.15) is 0 Å². The summed E-state index contributed by atoms with van der Waals surface area (Å²) in [7, 11) is 0. The van der Waals surface area contributed by atoms with E-state index >= 15 is 0 Å². The van der Waals surface area contributed by atoms with E-state index in [0.29, 0.717) is 12.5 Å². The Morgan fingerprint density at radius 3 is 2.58 bits per heavy atom.